The number of carbonyl (C=O) groups is 3. The van der Waals surface area contributed by atoms with Crippen LogP contribution < -0.4 is 10.6 Å². The number of nitrogens with one attached hydrogen (secondary N) is 2. The molecule has 0 saturated carbocycles. The molecule has 0 aromatic heterocycles. The quantitative estimate of drug-likeness (QED) is 0.655. The van der Waals surface area contributed by atoms with E-state index in [4.69, 9.17) is 4.74 Å². The van der Waals surface area contributed by atoms with Gasteiger partial charge in [0, 0.05) is 37.0 Å². The number of hydrogen-bond acceptors (Lipinski definition) is 5. The van der Waals surface area contributed by atoms with Crippen molar-refractivity contribution in [2.24, 2.45) is 0 Å². The predicted octanol–water partition coefficient (Wildman–Crippen LogP) is 2.61. The Hall–Kier alpha value is -2.22. The van der Waals surface area contributed by atoms with Crippen molar-refractivity contribution in [2.75, 3.05) is 19.6 Å². The molecule has 1 aromatic carbocycles. The number of nitrogens with zero attached hydrogens (tertiary/aromatic N) is 1. The smallest absolute Gasteiger partial charge is 0.407 e. The van der Waals surface area contributed by atoms with Gasteiger partial charge >= 0.3 is 6.09 Å². The third kappa shape index (κ3) is 7.07. The zero-order valence-electron chi connectivity index (χ0n) is 16.7. The largest absolute Gasteiger partial charge is 0.444 e. The molecule has 1 aliphatic heterocycles. The molecule has 0 atom stereocenters. The highest BCUT2D eigenvalue weighted by Crippen LogP contribution is 2.16. The van der Waals surface area contributed by atoms with Crippen LogP contribution in [0.1, 0.15) is 50.4 Å². The highest BCUT2D eigenvalue weighted by molar-refractivity contribution is 7.80. The van der Waals surface area contributed by atoms with Gasteiger partial charge in [-0.05, 0) is 45.7 Å². The lowest BCUT2D eigenvalue weighted by molar-refractivity contribution is -0.132. The van der Waals surface area contributed by atoms with Crippen LogP contribution in [0.25, 0.3) is 0 Å². The number of ether oxygens (including phenoxy) is 1. The first-order valence-corrected chi connectivity index (χ1v) is 9.94. The lowest BCUT2D eigenvalue weighted by Gasteiger charge is -2.32. The highest BCUT2D eigenvalue weighted by Gasteiger charge is 2.24. The van der Waals surface area contributed by atoms with Crippen molar-refractivity contribution in [3.8, 4) is 0 Å². The van der Waals surface area contributed by atoms with Crippen LogP contribution >= 0.6 is 12.6 Å². The van der Waals surface area contributed by atoms with E-state index in [9.17, 15) is 14.4 Å². The molecule has 2 rings (SSSR count). The zero-order chi connectivity index (χ0) is 20.7. The second-order valence-corrected chi connectivity index (χ2v) is 8.31. The fraction of sp³-hybridized carbons (Fsp3) is 0.550. The summed E-state index contributed by atoms with van der Waals surface area (Å²) < 4.78 is 5.14. The van der Waals surface area contributed by atoms with Gasteiger partial charge in [-0.2, -0.15) is 0 Å². The summed E-state index contributed by atoms with van der Waals surface area (Å²) in [5.74, 6) is -0.154. The van der Waals surface area contributed by atoms with E-state index in [1.807, 2.05) is 6.07 Å². The Morgan fingerprint density at radius 2 is 1.82 bits per heavy atom. The molecule has 0 radical (unpaired) electrons. The lowest BCUT2D eigenvalue weighted by Crippen LogP contribution is -2.47. The highest BCUT2D eigenvalue weighted by atomic mass is 32.1. The van der Waals surface area contributed by atoms with Gasteiger partial charge in [-0.1, -0.05) is 12.1 Å². The molecule has 7 nitrogen and oxygen atoms in total. The Kier molecular flexibility index (Phi) is 7.74. The van der Waals surface area contributed by atoms with Crippen LogP contribution in [-0.4, -0.2) is 54.1 Å². The van der Waals surface area contributed by atoms with Crippen molar-refractivity contribution >= 4 is 30.5 Å². The number of likely N-dealkylation sites (tertiary alicyclic amines) is 1. The number of amides is 3. The fourth-order valence-corrected chi connectivity index (χ4v) is 3.21. The van der Waals surface area contributed by atoms with Crippen LogP contribution in [0.15, 0.2) is 29.2 Å². The molecule has 0 aliphatic carbocycles. The monoisotopic (exact) mass is 407 g/mol. The Balaban J connectivity index is 1.70. The van der Waals surface area contributed by atoms with Gasteiger partial charge in [0.2, 0.25) is 5.91 Å². The van der Waals surface area contributed by atoms with E-state index in [0.717, 1.165) is 0 Å². The molecule has 1 heterocycles. The van der Waals surface area contributed by atoms with E-state index in [-0.39, 0.29) is 30.8 Å². The second kappa shape index (κ2) is 9.82. The summed E-state index contributed by atoms with van der Waals surface area (Å²) in [4.78, 5) is 38.7. The van der Waals surface area contributed by atoms with Gasteiger partial charge in [-0.3, -0.25) is 9.59 Å². The van der Waals surface area contributed by atoms with Crippen molar-refractivity contribution < 1.29 is 19.1 Å². The van der Waals surface area contributed by atoms with Crippen molar-refractivity contribution in [3.05, 3.63) is 29.8 Å². The molecule has 3 amide bonds. The predicted molar refractivity (Wildman–Crippen MR) is 110 cm³/mol. The third-order valence-electron chi connectivity index (χ3n) is 4.34. The van der Waals surface area contributed by atoms with Gasteiger partial charge < -0.3 is 20.3 Å². The number of alkyl carbamates (subject to hydrolysis) is 1. The van der Waals surface area contributed by atoms with Gasteiger partial charge in [-0.25, -0.2) is 4.79 Å². The van der Waals surface area contributed by atoms with Crippen LogP contribution in [0.3, 0.4) is 0 Å². The van der Waals surface area contributed by atoms with Crippen molar-refractivity contribution in [1.29, 1.82) is 0 Å². The Bertz CT molecular complexity index is 710. The van der Waals surface area contributed by atoms with Crippen molar-refractivity contribution in [1.82, 2.24) is 15.5 Å². The summed E-state index contributed by atoms with van der Waals surface area (Å²) in [5.41, 5.74) is -0.00833. The van der Waals surface area contributed by atoms with Gasteiger partial charge in [0.25, 0.3) is 5.91 Å². The average molecular weight is 408 g/mol. The minimum absolute atomic E-state index is 0.0125. The molecule has 1 fully saturated rings. The van der Waals surface area contributed by atoms with Crippen LogP contribution in [0.2, 0.25) is 0 Å². The number of hydrogen-bond donors (Lipinski definition) is 3. The molecule has 1 aromatic rings. The summed E-state index contributed by atoms with van der Waals surface area (Å²) in [6.07, 6.45) is 1.10. The molecular formula is C20H29N3O4S. The topological polar surface area (TPSA) is 87.7 Å². The Morgan fingerprint density at radius 1 is 1.18 bits per heavy atom. The lowest BCUT2D eigenvalue weighted by atomic mass is 10.0. The zero-order valence-corrected chi connectivity index (χ0v) is 17.6. The summed E-state index contributed by atoms with van der Waals surface area (Å²) in [7, 11) is 0. The number of rotatable bonds is 5. The number of thiol groups is 1. The minimum atomic E-state index is -0.562. The summed E-state index contributed by atoms with van der Waals surface area (Å²) in [6, 6.07) is 7.20. The maximum atomic E-state index is 12.4. The van der Waals surface area contributed by atoms with E-state index in [2.05, 4.69) is 23.3 Å². The summed E-state index contributed by atoms with van der Waals surface area (Å²) in [5, 5.41) is 5.61. The third-order valence-corrected chi connectivity index (χ3v) is 4.73. The van der Waals surface area contributed by atoms with Crippen LogP contribution in [-0.2, 0) is 9.53 Å². The number of carbonyl (C=O) groups excluding carboxylic acids is 3. The van der Waals surface area contributed by atoms with E-state index < -0.39 is 11.7 Å². The maximum absolute atomic E-state index is 12.4. The van der Waals surface area contributed by atoms with E-state index in [1.165, 1.54) is 0 Å². The number of benzene rings is 1. The van der Waals surface area contributed by atoms with Gasteiger partial charge in [0.1, 0.15) is 5.60 Å². The molecule has 0 spiro atoms. The van der Waals surface area contributed by atoms with Crippen molar-refractivity contribution in [2.45, 2.75) is 56.6 Å². The number of piperidine rings is 1. The summed E-state index contributed by atoms with van der Waals surface area (Å²) in [6.45, 7) is 6.77. The molecule has 1 aliphatic rings. The van der Waals surface area contributed by atoms with Gasteiger partial charge in [-0.15, -0.1) is 12.6 Å². The van der Waals surface area contributed by atoms with Gasteiger partial charge in [0.05, 0.1) is 5.56 Å². The second-order valence-electron chi connectivity index (χ2n) is 7.82. The van der Waals surface area contributed by atoms with Crippen LogP contribution in [0.5, 0.6) is 0 Å². The van der Waals surface area contributed by atoms with Crippen molar-refractivity contribution in [3.63, 3.8) is 0 Å². The molecular weight excluding hydrogens is 378 g/mol. The summed E-state index contributed by atoms with van der Waals surface area (Å²) >= 11 is 4.31. The average Bonchev–Trinajstić information content (AvgIpc) is 2.61. The Labute approximate surface area is 171 Å². The van der Waals surface area contributed by atoms with Crippen LogP contribution in [0.4, 0.5) is 4.79 Å². The SMILES string of the molecule is CC(C)(C)OC(=O)NCCC(=O)N1CCC(NC(=O)c2ccccc2S)CC1. The molecule has 28 heavy (non-hydrogen) atoms. The fourth-order valence-electron chi connectivity index (χ4n) is 2.95. The maximum Gasteiger partial charge on any atom is 0.407 e. The molecule has 8 heteroatoms. The standard InChI is InChI=1S/C20H29N3O4S/c1-20(2,3)27-19(26)21-11-8-17(24)23-12-9-14(10-13-23)22-18(25)15-6-4-5-7-16(15)28/h4-7,14,28H,8-13H2,1-3H3,(H,21,26)(H,22,25). The van der Waals surface area contributed by atoms with E-state index in [0.29, 0.717) is 36.4 Å². The first-order valence-electron chi connectivity index (χ1n) is 9.49. The first kappa shape index (κ1) is 22.1. The first-order chi connectivity index (χ1) is 13.2. The molecule has 1 saturated heterocycles. The molecule has 0 unspecified atom stereocenters. The van der Waals surface area contributed by atoms with Gasteiger partial charge in [0.15, 0.2) is 0 Å². The normalized spacial score (nSPS) is 15.1. The van der Waals surface area contributed by atoms with E-state index in [1.54, 1.807) is 43.9 Å². The minimum Gasteiger partial charge on any atom is -0.444 e. The molecule has 0 bridgehead atoms. The van der Waals surface area contributed by atoms with Crippen LogP contribution in [0, 0.1) is 0 Å². The Morgan fingerprint density at radius 3 is 2.43 bits per heavy atom. The van der Waals surface area contributed by atoms with E-state index >= 15 is 0 Å². The molecule has 154 valence electrons. The molecule has 2 N–H and O–H groups in total.